The molecular formula is C16H26N2O. The molecule has 0 bridgehead atoms. The van der Waals surface area contributed by atoms with Gasteiger partial charge >= 0.3 is 0 Å². The van der Waals surface area contributed by atoms with Crippen LogP contribution < -0.4 is 16.0 Å². The Bertz CT molecular complexity index is 398. The molecule has 0 aromatic heterocycles. The van der Waals surface area contributed by atoms with E-state index in [4.69, 9.17) is 10.6 Å². The van der Waals surface area contributed by atoms with Crippen molar-refractivity contribution in [3.63, 3.8) is 0 Å². The molecule has 106 valence electrons. The Balaban J connectivity index is 2.18. The third-order valence-corrected chi connectivity index (χ3v) is 4.33. The molecule has 0 amide bonds. The Morgan fingerprint density at radius 3 is 2.42 bits per heavy atom. The van der Waals surface area contributed by atoms with Gasteiger partial charge in [0.25, 0.3) is 0 Å². The van der Waals surface area contributed by atoms with Crippen LogP contribution in [-0.2, 0) is 0 Å². The van der Waals surface area contributed by atoms with Crippen molar-refractivity contribution in [2.45, 2.75) is 51.5 Å². The van der Waals surface area contributed by atoms with E-state index in [0.717, 1.165) is 5.75 Å². The monoisotopic (exact) mass is 262 g/mol. The van der Waals surface area contributed by atoms with E-state index in [0.29, 0.717) is 5.92 Å². The minimum absolute atomic E-state index is 0.266. The van der Waals surface area contributed by atoms with Crippen molar-refractivity contribution in [1.82, 2.24) is 5.43 Å². The van der Waals surface area contributed by atoms with Gasteiger partial charge in [-0.3, -0.25) is 11.3 Å². The third-order valence-electron chi connectivity index (χ3n) is 4.33. The summed E-state index contributed by atoms with van der Waals surface area (Å²) in [6.45, 7) is 2.09. The molecule has 1 unspecified atom stereocenters. The fourth-order valence-electron chi connectivity index (χ4n) is 3.24. The SMILES string of the molecule is COc1ccc(C(NN)C2CCCCCC2)cc1C. The number of nitrogens with two attached hydrogens (primary N) is 1. The first-order valence-electron chi connectivity index (χ1n) is 7.37. The van der Waals surface area contributed by atoms with Crippen LogP contribution in [0.2, 0.25) is 0 Å². The van der Waals surface area contributed by atoms with Gasteiger partial charge < -0.3 is 4.74 Å². The summed E-state index contributed by atoms with van der Waals surface area (Å²) >= 11 is 0. The largest absolute Gasteiger partial charge is 0.496 e. The van der Waals surface area contributed by atoms with Gasteiger partial charge in [-0.25, -0.2) is 0 Å². The highest BCUT2D eigenvalue weighted by atomic mass is 16.5. The maximum Gasteiger partial charge on any atom is 0.121 e. The fraction of sp³-hybridized carbons (Fsp3) is 0.625. The first-order chi connectivity index (χ1) is 9.26. The molecule has 0 saturated heterocycles. The van der Waals surface area contributed by atoms with E-state index < -0.39 is 0 Å². The van der Waals surface area contributed by atoms with Crippen molar-refractivity contribution >= 4 is 0 Å². The zero-order chi connectivity index (χ0) is 13.7. The molecule has 1 aliphatic carbocycles. The summed E-state index contributed by atoms with van der Waals surface area (Å²) in [6.07, 6.45) is 7.96. The Morgan fingerprint density at radius 2 is 1.89 bits per heavy atom. The number of aryl methyl sites for hydroxylation is 1. The Hall–Kier alpha value is -1.06. The molecule has 2 rings (SSSR count). The van der Waals surface area contributed by atoms with Gasteiger partial charge in [0.1, 0.15) is 5.75 Å². The van der Waals surface area contributed by atoms with E-state index in [1.165, 1.54) is 49.7 Å². The molecule has 3 heteroatoms. The van der Waals surface area contributed by atoms with Crippen molar-refractivity contribution < 1.29 is 4.74 Å². The van der Waals surface area contributed by atoms with Crippen molar-refractivity contribution in [3.05, 3.63) is 29.3 Å². The van der Waals surface area contributed by atoms with Gasteiger partial charge in [-0.2, -0.15) is 0 Å². The summed E-state index contributed by atoms with van der Waals surface area (Å²) in [5, 5.41) is 0. The molecule has 1 aromatic carbocycles. The molecule has 0 radical (unpaired) electrons. The lowest BCUT2D eigenvalue weighted by Crippen LogP contribution is -2.33. The maximum atomic E-state index is 5.83. The molecule has 0 heterocycles. The number of rotatable bonds is 4. The highest BCUT2D eigenvalue weighted by Crippen LogP contribution is 2.34. The van der Waals surface area contributed by atoms with E-state index in [9.17, 15) is 0 Å². The van der Waals surface area contributed by atoms with Crippen LogP contribution in [0.4, 0.5) is 0 Å². The molecule has 0 spiro atoms. The van der Waals surface area contributed by atoms with E-state index in [-0.39, 0.29) is 6.04 Å². The lowest BCUT2D eigenvalue weighted by Gasteiger charge is -2.26. The van der Waals surface area contributed by atoms with Crippen molar-refractivity contribution in [2.75, 3.05) is 7.11 Å². The van der Waals surface area contributed by atoms with Crippen LogP contribution >= 0.6 is 0 Å². The molecule has 1 saturated carbocycles. The van der Waals surface area contributed by atoms with Crippen molar-refractivity contribution in [1.29, 1.82) is 0 Å². The molecule has 1 aromatic rings. The molecule has 19 heavy (non-hydrogen) atoms. The number of hydrazine groups is 1. The first kappa shape index (κ1) is 14.4. The van der Waals surface area contributed by atoms with E-state index in [2.05, 4.69) is 24.5 Å². The Morgan fingerprint density at radius 1 is 1.21 bits per heavy atom. The summed E-state index contributed by atoms with van der Waals surface area (Å²) < 4.78 is 5.33. The normalized spacial score (nSPS) is 18.9. The smallest absolute Gasteiger partial charge is 0.121 e. The Labute approximate surface area is 116 Å². The lowest BCUT2D eigenvalue weighted by atomic mass is 9.87. The highest BCUT2D eigenvalue weighted by Gasteiger charge is 2.23. The average Bonchev–Trinajstić information content (AvgIpc) is 2.69. The number of hydrogen-bond acceptors (Lipinski definition) is 3. The van der Waals surface area contributed by atoms with Gasteiger partial charge in [0.15, 0.2) is 0 Å². The molecule has 3 nitrogen and oxygen atoms in total. The quantitative estimate of drug-likeness (QED) is 0.496. The van der Waals surface area contributed by atoms with Gasteiger partial charge in [0, 0.05) is 6.04 Å². The van der Waals surface area contributed by atoms with Crippen LogP contribution in [0.15, 0.2) is 18.2 Å². The van der Waals surface area contributed by atoms with Crippen LogP contribution in [-0.4, -0.2) is 7.11 Å². The molecule has 3 N–H and O–H groups in total. The van der Waals surface area contributed by atoms with Crippen molar-refractivity contribution in [3.8, 4) is 5.75 Å². The van der Waals surface area contributed by atoms with Gasteiger partial charge in [-0.1, -0.05) is 37.8 Å². The van der Waals surface area contributed by atoms with Crippen LogP contribution in [0, 0.1) is 12.8 Å². The second kappa shape index (κ2) is 6.92. The molecular weight excluding hydrogens is 236 g/mol. The zero-order valence-electron chi connectivity index (χ0n) is 12.1. The van der Waals surface area contributed by atoms with E-state index >= 15 is 0 Å². The Kier molecular flexibility index (Phi) is 5.23. The van der Waals surface area contributed by atoms with Gasteiger partial charge in [-0.05, 0) is 42.9 Å². The summed E-state index contributed by atoms with van der Waals surface area (Å²) in [5.74, 6) is 7.42. The highest BCUT2D eigenvalue weighted by molar-refractivity contribution is 5.37. The summed E-state index contributed by atoms with van der Waals surface area (Å²) in [6, 6.07) is 6.66. The predicted molar refractivity (Wildman–Crippen MR) is 79.0 cm³/mol. The van der Waals surface area contributed by atoms with E-state index in [1.807, 2.05) is 6.07 Å². The van der Waals surface area contributed by atoms with Crippen LogP contribution in [0.3, 0.4) is 0 Å². The number of benzene rings is 1. The molecule has 1 fully saturated rings. The van der Waals surface area contributed by atoms with Gasteiger partial charge in [-0.15, -0.1) is 0 Å². The molecule has 1 aliphatic rings. The predicted octanol–water partition coefficient (Wildman–Crippen LogP) is 3.48. The van der Waals surface area contributed by atoms with Crippen LogP contribution in [0.1, 0.15) is 55.7 Å². The minimum Gasteiger partial charge on any atom is -0.496 e. The standard InChI is InChI=1S/C16H26N2O/c1-12-11-14(9-10-15(12)19-2)16(18-17)13-7-5-3-4-6-8-13/h9-11,13,16,18H,3-8,17H2,1-2H3. The lowest BCUT2D eigenvalue weighted by molar-refractivity contribution is 0.328. The third kappa shape index (κ3) is 3.48. The molecule has 0 aliphatic heterocycles. The average molecular weight is 262 g/mol. The topological polar surface area (TPSA) is 47.3 Å². The number of nitrogens with one attached hydrogen (secondary N) is 1. The summed E-state index contributed by atoms with van der Waals surface area (Å²) in [5.41, 5.74) is 5.50. The van der Waals surface area contributed by atoms with Crippen LogP contribution in [0.25, 0.3) is 0 Å². The first-order valence-corrected chi connectivity index (χ1v) is 7.37. The summed E-state index contributed by atoms with van der Waals surface area (Å²) in [4.78, 5) is 0. The van der Waals surface area contributed by atoms with Gasteiger partial charge in [0.2, 0.25) is 0 Å². The van der Waals surface area contributed by atoms with Crippen LogP contribution in [0.5, 0.6) is 5.75 Å². The maximum absolute atomic E-state index is 5.83. The number of hydrogen-bond donors (Lipinski definition) is 2. The number of ether oxygens (including phenoxy) is 1. The molecule has 1 atom stereocenters. The van der Waals surface area contributed by atoms with E-state index in [1.54, 1.807) is 7.11 Å². The fourth-order valence-corrected chi connectivity index (χ4v) is 3.24. The van der Waals surface area contributed by atoms with Gasteiger partial charge in [0.05, 0.1) is 7.11 Å². The van der Waals surface area contributed by atoms with Crippen molar-refractivity contribution in [2.24, 2.45) is 11.8 Å². The zero-order valence-corrected chi connectivity index (χ0v) is 12.1. The second-order valence-electron chi connectivity index (χ2n) is 5.63. The second-order valence-corrected chi connectivity index (χ2v) is 5.63. The summed E-state index contributed by atoms with van der Waals surface area (Å²) in [7, 11) is 1.71. The minimum atomic E-state index is 0.266. The number of methoxy groups -OCH3 is 1.